The Morgan fingerprint density at radius 3 is 2.66 bits per heavy atom. The summed E-state index contributed by atoms with van der Waals surface area (Å²) < 4.78 is 6.68. The Morgan fingerprint density at radius 1 is 1.21 bits per heavy atom. The van der Waals surface area contributed by atoms with Crippen LogP contribution in [0.25, 0.3) is 27.6 Å². The lowest BCUT2D eigenvalue weighted by atomic mass is 10.2. The second kappa shape index (κ2) is 7.75. The van der Waals surface area contributed by atoms with E-state index in [0.29, 0.717) is 28.5 Å². The summed E-state index contributed by atoms with van der Waals surface area (Å²) in [6.45, 7) is 5.83. The molecular weight excluding hydrogens is 386 g/mol. The maximum absolute atomic E-state index is 13.4. The van der Waals surface area contributed by atoms with Crippen LogP contribution in [0, 0.1) is 6.92 Å². The maximum Gasteiger partial charge on any atom is 0.319 e. The molecule has 0 amide bonds. The van der Waals surface area contributed by atoms with E-state index >= 15 is 0 Å². The number of aryl methyl sites for hydroxylation is 1. The van der Waals surface area contributed by atoms with Gasteiger partial charge in [0.15, 0.2) is 5.16 Å². The number of fused-ring (bicyclic) bond motifs is 3. The van der Waals surface area contributed by atoms with Crippen molar-refractivity contribution in [1.82, 2.24) is 14.5 Å². The minimum Gasteiger partial charge on any atom is -0.465 e. The quantitative estimate of drug-likeness (QED) is 0.304. The van der Waals surface area contributed by atoms with Crippen molar-refractivity contribution in [1.29, 1.82) is 0 Å². The van der Waals surface area contributed by atoms with E-state index in [2.05, 4.69) is 4.98 Å². The van der Waals surface area contributed by atoms with Crippen LogP contribution in [0.5, 0.6) is 0 Å². The van der Waals surface area contributed by atoms with Gasteiger partial charge in [-0.1, -0.05) is 47.7 Å². The first kappa shape index (κ1) is 19.3. The van der Waals surface area contributed by atoms with Gasteiger partial charge < -0.3 is 9.72 Å². The lowest BCUT2D eigenvalue weighted by Crippen LogP contribution is -2.24. The minimum atomic E-state index is -0.499. The van der Waals surface area contributed by atoms with Crippen molar-refractivity contribution < 1.29 is 9.53 Å². The van der Waals surface area contributed by atoms with E-state index in [1.807, 2.05) is 55.5 Å². The summed E-state index contributed by atoms with van der Waals surface area (Å²) in [6.07, 6.45) is 0. The number of nitrogens with zero attached hydrogens (tertiary/aromatic N) is 2. The predicted octanol–water partition coefficient (Wildman–Crippen LogP) is 4.22. The average molecular weight is 407 g/mol. The fourth-order valence-corrected chi connectivity index (χ4v) is 4.13. The second-order valence-corrected chi connectivity index (χ2v) is 8.08. The fraction of sp³-hybridized carbons (Fsp3) is 0.227. The molecule has 0 fully saturated rings. The summed E-state index contributed by atoms with van der Waals surface area (Å²) in [6, 6.07) is 15.3. The van der Waals surface area contributed by atoms with Crippen LogP contribution in [0.1, 0.15) is 19.4 Å². The zero-order valence-corrected chi connectivity index (χ0v) is 17.2. The predicted molar refractivity (Wildman–Crippen MR) is 116 cm³/mol. The summed E-state index contributed by atoms with van der Waals surface area (Å²) in [7, 11) is 0. The molecule has 0 saturated carbocycles. The fourth-order valence-electron chi connectivity index (χ4n) is 3.21. The molecule has 2 heterocycles. The third-order valence-corrected chi connectivity index (χ3v) is 5.72. The smallest absolute Gasteiger partial charge is 0.319 e. The van der Waals surface area contributed by atoms with Crippen molar-refractivity contribution in [2.75, 3.05) is 6.61 Å². The molecule has 148 valence electrons. The highest BCUT2D eigenvalue weighted by Crippen LogP contribution is 2.28. The third-order valence-electron chi connectivity index (χ3n) is 4.69. The molecule has 6 nitrogen and oxygen atoms in total. The van der Waals surface area contributed by atoms with E-state index in [-0.39, 0.29) is 11.5 Å². The van der Waals surface area contributed by atoms with Gasteiger partial charge in [-0.2, -0.15) is 0 Å². The van der Waals surface area contributed by atoms with Crippen molar-refractivity contribution in [2.45, 2.75) is 31.2 Å². The number of ether oxygens (including phenoxy) is 1. The monoisotopic (exact) mass is 407 g/mol. The number of benzene rings is 2. The van der Waals surface area contributed by atoms with Crippen molar-refractivity contribution in [2.24, 2.45) is 0 Å². The molecule has 29 heavy (non-hydrogen) atoms. The van der Waals surface area contributed by atoms with Gasteiger partial charge in [-0.3, -0.25) is 14.2 Å². The third kappa shape index (κ3) is 3.53. The number of aromatic nitrogens is 3. The van der Waals surface area contributed by atoms with E-state index < -0.39 is 5.25 Å². The molecule has 2 aromatic heterocycles. The first-order valence-corrected chi connectivity index (χ1v) is 10.3. The largest absolute Gasteiger partial charge is 0.465 e. The van der Waals surface area contributed by atoms with Crippen LogP contribution >= 0.6 is 11.8 Å². The Labute approximate surface area is 171 Å². The van der Waals surface area contributed by atoms with Gasteiger partial charge in [0, 0.05) is 10.9 Å². The highest BCUT2D eigenvalue weighted by molar-refractivity contribution is 8.00. The van der Waals surface area contributed by atoms with Gasteiger partial charge in [0.05, 0.1) is 12.3 Å². The van der Waals surface area contributed by atoms with Crippen LogP contribution in [0.15, 0.2) is 58.5 Å². The Kier molecular flexibility index (Phi) is 5.15. The minimum absolute atomic E-state index is 0.200. The Hall–Kier alpha value is -3.06. The van der Waals surface area contributed by atoms with E-state index in [1.54, 1.807) is 18.4 Å². The molecule has 0 radical (unpaired) electrons. The molecule has 0 saturated heterocycles. The van der Waals surface area contributed by atoms with Crippen LogP contribution in [-0.2, 0) is 9.53 Å². The van der Waals surface area contributed by atoms with Gasteiger partial charge in [-0.25, -0.2) is 4.98 Å². The first-order valence-electron chi connectivity index (χ1n) is 9.43. The van der Waals surface area contributed by atoms with Crippen molar-refractivity contribution in [3.63, 3.8) is 0 Å². The molecule has 0 bridgehead atoms. The number of carbonyl (C=O) groups excluding carboxylic acids is 1. The van der Waals surface area contributed by atoms with Crippen LogP contribution in [0.3, 0.4) is 0 Å². The summed E-state index contributed by atoms with van der Waals surface area (Å²) in [5.74, 6) is -0.332. The van der Waals surface area contributed by atoms with Crippen molar-refractivity contribution >= 4 is 39.7 Å². The normalized spacial score (nSPS) is 12.4. The number of hydrogen-bond acceptors (Lipinski definition) is 5. The molecule has 0 aliphatic rings. The molecule has 4 aromatic rings. The van der Waals surface area contributed by atoms with Crippen LogP contribution in [-0.4, -0.2) is 32.4 Å². The van der Waals surface area contributed by atoms with Crippen LogP contribution < -0.4 is 5.56 Å². The van der Waals surface area contributed by atoms with E-state index in [1.165, 1.54) is 11.8 Å². The maximum atomic E-state index is 13.4. The van der Waals surface area contributed by atoms with Gasteiger partial charge in [-0.05, 0) is 39.0 Å². The Morgan fingerprint density at radius 2 is 1.93 bits per heavy atom. The number of para-hydroxylation sites is 1. The zero-order chi connectivity index (χ0) is 20.5. The van der Waals surface area contributed by atoms with Crippen LogP contribution in [0.4, 0.5) is 0 Å². The number of thioether (sulfide) groups is 1. The number of carbonyl (C=O) groups is 1. The van der Waals surface area contributed by atoms with Gasteiger partial charge >= 0.3 is 5.97 Å². The molecule has 1 N–H and O–H groups in total. The Bertz CT molecular complexity index is 1260. The molecule has 0 spiro atoms. The Balaban J connectivity index is 1.95. The summed E-state index contributed by atoms with van der Waals surface area (Å²) in [5, 5.41) is 0.833. The number of aromatic amines is 1. The molecule has 1 atom stereocenters. The molecule has 7 heteroatoms. The van der Waals surface area contributed by atoms with E-state index in [4.69, 9.17) is 9.72 Å². The lowest BCUT2D eigenvalue weighted by Gasteiger charge is -2.15. The highest BCUT2D eigenvalue weighted by Gasteiger charge is 2.22. The summed E-state index contributed by atoms with van der Waals surface area (Å²) in [5.41, 5.74) is 3.49. The number of nitrogens with one attached hydrogen (secondary N) is 1. The standard InChI is InChI=1S/C22H21N3O3S/c1-4-28-21(27)14(3)29-22-24-18-16-7-5-6-8-17(16)23-19(18)20(26)25(22)15-11-9-13(2)10-12-15/h5-12,14,23H,4H2,1-3H3/t14-/m0/s1. The molecule has 4 rings (SSSR count). The van der Waals surface area contributed by atoms with E-state index in [9.17, 15) is 9.59 Å². The van der Waals surface area contributed by atoms with Crippen LogP contribution in [0.2, 0.25) is 0 Å². The van der Waals surface area contributed by atoms with Crippen molar-refractivity contribution in [3.8, 4) is 5.69 Å². The number of hydrogen-bond donors (Lipinski definition) is 1. The second-order valence-electron chi connectivity index (χ2n) is 6.78. The number of esters is 1. The van der Waals surface area contributed by atoms with Gasteiger partial charge in [0.25, 0.3) is 5.56 Å². The van der Waals surface area contributed by atoms with Gasteiger partial charge in [0.1, 0.15) is 16.3 Å². The van der Waals surface area contributed by atoms with E-state index in [0.717, 1.165) is 16.5 Å². The summed E-state index contributed by atoms with van der Waals surface area (Å²) >= 11 is 1.22. The molecule has 0 aliphatic carbocycles. The molecule has 0 unspecified atom stereocenters. The molecule has 0 aliphatic heterocycles. The molecule has 2 aromatic carbocycles. The van der Waals surface area contributed by atoms with Gasteiger partial charge in [0.2, 0.25) is 0 Å². The zero-order valence-electron chi connectivity index (χ0n) is 16.4. The number of H-pyrrole nitrogens is 1. The summed E-state index contributed by atoms with van der Waals surface area (Å²) in [4.78, 5) is 33.6. The molecular formula is C22H21N3O3S. The first-order chi connectivity index (χ1) is 14.0. The number of rotatable bonds is 5. The SMILES string of the molecule is CCOC(=O)[C@H](C)Sc1nc2c([nH]c3ccccc32)c(=O)n1-c1ccc(C)cc1. The average Bonchev–Trinajstić information content (AvgIpc) is 3.08. The lowest BCUT2D eigenvalue weighted by molar-refractivity contribution is -0.142. The van der Waals surface area contributed by atoms with Gasteiger partial charge in [-0.15, -0.1) is 0 Å². The van der Waals surface area contributed by atoms with Crippen molar-refractivity contribution in [3.05, 3.63) is 64.4 Å². The highest BCUT2D eigenvalue weighted by atomic mass is 32.2. The topological polar surface area (TPSA) is 77.0 Å².